The molecular formula is C23H23N5O3. The van der Waals surface area contributed by atoms with Gasteiger partial charge < -0.3 is 15.0 Å². The van der Waals surface area contributed by atoms with Crippen molar-refractivity contribution < 1.29 is 14.3 Å². The van der Waals surface area contributed by atoms with Crippen molar-refractivity contribution in [2.45, 2.75) is 31.3 Å². The minimum Gasteiger partial charge on any atom is -0.489 e. The number of hydrogen-bond acceptors (Lipinski definition) is 5. The van der Waals surface area contributed by atoms with Gasteiger partial charge in [0.15, 0.2) is 0 Å². The van der Waals surface area contributed by atoms with Gasteiger partial charge in [0.1, 0.15) is 24.2 Å². The van der Waals surface area contributed by atoms with Crippen molar-refractivity contribution in [2.75, 3.05) is 18.6 Å². The summed E-state index contributed by atoms with van der Waals surface area (Å²) in [7, 11) is 1.67. The van der Waals surface area contributed by atoms with Gasteiger partial charge in [-0.1, -0.05) is 42.5 Å². The molecule has 3 aromatic rings. The number of anilines is 1. The maximum Gasteiger partial charge on any atom is 0.291 e. The van der Waals surface area contributed by atoms with Crippen LogP contribution in [0.3, 0.4) is 0 Å². The van der Waals surface area contributed by atoms with E-state index in [0.717, 1.165) is 30.8 Å². The third-order valence-electron chi connectivity index (χ3n) is 5.85. The van der Waals surface area contributed by atoms with E-state index < -0.39 is 11.9 Å². The van der Waals surface area contributed by atoms with Gasteiger partial charge in [-0.15, -0.1) is 5.10 Å². The predicted molar refractivity (Wildman–Crippen MR) is 114 cm³/mol. The normalized spacial score (nSPS) is 20.3. The van der Waals surface area contributed by atoms with Crippen LogP contribution in [0.25, 0.3) is 0 Å². The highest BCUT2D eigenvalue weighted by molar-refractivity contribution is 6.02. The second-order valence-electron chi connectivity index (χ2n) is 7.82. The average molecular weight is 417 g/mol. The fraction of sp³-hybridized carbons (Fsp3) is 0.304. The van der Waals surface area contributed by atoms with E-state index in [1.165, 1.54) is 4.90 Å². The molecule has 0 fully saturated rings. The molecule has 8 nitrogen and oxygen atoms in total. The number of carbonyl (C=O) groups is 2. The molecule has 0 radical (unpaired) electrons. The van der Waals surface area contributed by atoms with E-state index in [2.05, 4.69) is 27.5 Å². The molecule has 0 saturated carbocycles. The van der Waals surface area contributed by atoms with Gasteiger partial charge in [-0.3, -0.25) is 9.59 Å². The molecule has 8 heteroatoms. The maximum absolute atomic E-state index is 12.9. The van der Waals surface area contributed by atoms with Crippen molar-refractivity contribution in [3.05, 3.63) is 71.8 Å². The van der Waals surface area contributed by atoms with Crippen LogP contribution in [-0.2, 0) is 11.3 Å². The maximum atomic E-state index is 12.9. The van der Waals surface area contributed by atoms with E-state index in [1.54, 1.807) is 13.1 Å². The predicted octanol–water partition coefficient (Wildman–Crippen LogP) is 2.36. The van der Waals surface area contributed by atoms with Gasteiger partial charge >= 0.3 is 0 Å². The van der Waals surface area contributed by atoms with Crippen molar-refractivity contribution >= 4 is 17.5 Å². The Morgan fingerprint density at radius 2 is 1.90 bits per heavy atom. The molecule has 158 valence electrons. The molecule has 1 N–H and O–H groups in total. The third kappa shape index (κ3) is 3.54. The summed E-state index contributed by atoms with van der Waals surface area (Å²) >= 11 is 0. The SMILES string of the molecule is CN1C(=O)[C@@H](NC(=O)c2nc3n(n2)CCCC3c2ccccc2)COc2ccccc21. The molecule has 2 aliphatic heterocycles. The molecule has 31 heavy (non-hydrogen) atoms. The lowest BCUT2D eigenvalue weighted by molar-refractivity contribution is -0.120. The third-order valence-corrected chi connectivity index (χ3v) is 5.85. The van der Waals surface area contributed by atoms with Crippen LogP contribution in [0, 0.1) is 0 Å². The molecule has 2 amide bonds. The number of carbonyl (C=O) groups excluding carboxylic acids is 2. The minimum absolute atomic E-state index is 0.0478. The van der Waals surface area contributed by atoms with Crippen LogP contribution in [0.4, 0.5) is 5.69 Å². The summed E-state index contributed by atoms with van der Waals surface area (Å²) in [4.78, 5) is 31.9. The first-order chi connectivity index (χ1) is 15.1. The highest BCUT2D eigenvalue weighted by Crippen LogP contribution is 2.32. The summed E-state index contributed by atoms with van der Waals surface area (Å²) in [6.07, 6.45) is 1.93. The van der Waals surface area contributed by atoms with E-state index in [4.69, 9.17) is 4.74 Å². The number of rotatable bonds is 3. The minimum atomic E-state index is -0.824. The fourth-order valence-electron chi connectivity index (χ4n) is 4.23. The van der Waals surface area contributed by atoms with E-state index in [-0.39, 0.29) is 24.3 Å². The molecule has 2 aromatic carbocycles. The van der Waals surface area contributed by atoms with Crippen LogP contribution in [0.1, 0.15) is 40.8 Å². The lowest BCUT2D eigenvalue weighted by Crippen LogP contribution is -2.49. The number of aryl methyl sites for hydroxylation is 1. The fourth-order valence-corrected chi connectivity index (χ4v) is 4.23. The molecule has 2 atom stereocenters. The van der Waals surface area contributed by atoms with Crippen LogP contribution >= 0.6 is 0 Å². The second kappa shape index (κ2) is 7.86. The molecule has 0 spiro atoms. The van der Waals surface area contributed by atoms with Crippen LogP contribution in [0.2, 0.25) is 0 Å². The standard InChI is InChI=1S/C23H23N5O3/c1-27-18-11-5-6-12-19(18)31-14-17(23(27)30)24-22(29)20-25-21-16(10-7-13-28(21)26-20)15-8-3-2-4-9-15/h2-6,8-9,11-12,16-17H,7,10,13-14H2,1H3,(H,24,29)/t16?,17-/m0/s1. The van der Waals surface area contributed by atoms with E-state index in [1.807, 2.05) is 41.1 Å². The number of nitrogens with zero attached hydrogens (tertiary/aromatic N) is 4. The van der Waals surface area contributed by atoms with Gasteiger partial charge in [-0.25, -0.2) is 9.67 Å². The zero-order chi connectivity index (χ0) is 21.4. The molecule has 0 saturated heterocycles. The van der Waals surface area contributed by atoms with Crippen LogP contribution in [0.5, 0.6) is 5.75 Å². The Balaban J connectivity index is 1.36. The topological polar surface area (TPSA) is 89.4 Å². The first-order valence-corrected chi connectivity index (χ1v) is 10.4. The number of para-hydroxylation sites is 2. The summed E-state index contributed by atoms with van der Waals surface area (Å²) in [6, 6.07) is 16.6. The lowest BCUT2D eigenvalue weighted by Gasteiger charge is -2.22. The van der Waals surface area contributed by atoms with E-state index >= 15 is 0 Å². The Kier molecular flexibility index (Phi) is 4.89. The van der Waals surface area contributed by atoms with Crippen molar-refractivity contribution in [1.29, 1.82) is 0 Å². The smallest absolute Gasteiger partial charge is 0.291 e. The Labute approximate surface area is 179 Å². The van der Waals surface area contributed by atoms with Gasteiger partial charge in [0.05, 0.1) is 5.69 Å². The monoisotopic (exact) mass is 417 g/mol. The molecule has 0 bridgehead atoms. The Morgan fingerprint density at radius 3 is 2.74 bits per heavy atom. The highest BCUT2D eigenvalue weighted by atomic mass is 16.5. The van der Waals surface area contributed by atoms with Crippen LogP contribution in [-0.4, -0.2) is 46.3 Å². The van der Waals surface area contributed by atoms with Gasteiger partial charge in [0.25, 0.3) is 11.8 Å². The first kappa shape index (κ1) is 19.3. The van der Waals surface area contributed by atoms with E-state index in [0.29, 0.717) is 11.4 Å². The molecule has 2 aliphatic rings. The van der Waals surface area contributed by atoms with Gasteiger partial charge in [0, 0.05) is 19.5 Å². The molecule has 1 unspecified atom stereocenters. The molecule has 5 rings (SSSR count). The van der Waals surface area contributed by atoms with Crippen LogP contribution < -0.4 is 15.0 Å². The number of aromatic nitrogens is 3. The molecule has 0 aliphatic carbocycles. The van der Waals surface area contributed by atoms with Crippen molar-refractivity contribution in [3.63, 3.8) is 0 Å². The largest absolute Gasteiger partial charge is 0.489 e. The number of benzene rings is 2. The first-order valence-electron chi connectivity index (χ1n) is 10.4. The number of fused-ring (bicyclic) bond motifs is 2. The summed E-state index contributed by atoms with van der Waals surface area (Å²) in [5, 5.41) is 7.19. The number of hydrogen-bond donors (Lipinski definition) is 1. The quantitative estimate of drug-likeness (QED) is 0.707. The molecule has 1 aromatic heterocycles. The van der Waals surface area contributed by atoms with Crippen LogP contribution in [0.15, 0.2) is 54.6 Å². The second-order valence-corrected chi connectivity index (χ2v) is 7.82. The number of likely N-dealkylation sites (N-methyl/N-ethyl adjacent to an activating group) is 1. The molecule has 3 heterocycles. The van der Waals surface area contributed by atoms with E-state index in [9.17, 15) is 9.59 Å². The average Bonchev–Trinajstić information content (AvgIpc) is 3.22. The summed E-state index contributed by atoms with van der Waals surface area (Å²) < 4.78 is 7.58. The molecular weight excluding hydrogens is 394 g/mol. The number of ether oxygens (including phenoxy) is 1. The lowest BCUT2D eigenvalue weighted by atomic mass is 9.91. The van der Waals surface area contributed by atoms with Gasteiger partial charge in [0.2, 0.25) is 5.82 Å². The van der Waals surface area contributed by atoms with Crippen molar-refractivity contribution in [1.82, 2.24) is 20.1 Å². The van der Waals surface area contributed by atoms with Crippen molar-refractivity contribution in [3.8, 4) is 5.75 Å². The number of nitrogens with one attached hydrogen (secondary N) is 1. The summed E-state index contributed by atoms with van der Waals surface area (Å²) in [5.74, 6) is 0.855. The Morgan fingerprint density at radius 1 is 1.13 bits per heavy atom. The van der Waals surface area contributed by atoms with Gasteiger partial charge in [-0.05, 0) is 30.5 Å². The number of amides is 2. The highest BCUT2D eigenvalue weighted by Gasteiger charge is 2.33. The zero-order valence-electron chi connectivity index (χ0n) is 17.2. The summed E-state index contributed by atoms with van der Waals surface area (Å²) in [6.45, 7) is 0.772. The Bertz CT molecular complexity index is 1130. The summed E-state index contributed by atoms with van der Waals surface area (Å²) in [5.41, 5.74) is 1.83. The zero-order valence-corrected chi connectivity index (χ0v) is 17.2. The Hall–Kier alpha value is -3.68. The van der Waals surface area contributed by atoms with Crippen molar-refractivity contribution in [2.24, 2.45) is 0 Å². The van der Waals surface area contributed by atoms with Gasteiger partial charge in [-0.2, -0.15) is 0 Å².